The lowest BCUT2D eigenvalue weighted by atomic mass is 10.1. The molecule has 0 bridgehead atoms. The van der Waals surface area contributed by atoms with Crippen molar-refractivity contribution >= 4 is 17.5 Å². The van der Waals surface area contributed by atoms with Crippen LogP contribution in [-0.4, -0.2) is 50.3 Å². The first-order valence-corrected chi connectivity index (χ1v) is 7.69. The predicted octanol–water partition coefficient (Wildman–Crippen LogP) is 2.45. The van der Waals surface area contributed by atoms with Gasteiger partial charge in [-0.15, -0.1) is 11.8 Å². The fraction of sp³-hybridized carbons (Fsp3) is 0.467. The second kappa shape index (κ2) is 9.54. The predicted molar refractivity (Wildman–Crippen MR) is 81.1 cm³/mol. The number of hydrogen-bond donors (Lipinski definition) is 0. The van der Waals surface area contributed by atoms with Crippen molar-refractivity contribution in [2.75, 3.05) is 39.6 Å². The van der Waals surface area contributed by atoms with Crippen molar-refractivity contribution in [3.8, 4) is 6.07 Å². The number of ether oxygens (including phenoxy) is 1. The van der Waals surface area contributed by atoms with Gasteiger partial charge in [0.25, 0.3) is 0 Å². The zero-order chi connectivity index (χ0) is 14.8. The van der Waals surface area contributed by atoms with Gasteiger partial charge in [0.2, 0.25) is 0 Å². The Kier molecular flexibility index (Phi) is 7.97. The van der Waals surface area contributed by atoms with Gasteiger partial charge in [0.1, 0.15) is 0 Å². The van der Waals surface area contributed by atoms with E-state index in [0.29, 0.717) is 38.2 Å². The molecule has 4 nitrogen and oxygen atoms in total. The molecule has 0 saturated heterocycles. The second-order valence-electron chi connectivity index (χ2n) is 4.33. The molecule has 1 rings (SSSR count). The summed E-state index contributed by atoms with van der Waals surface area (Å²) in [5.74, 6) is 0.0756. The minimum absolute atomic E-state index is 0.0756. The van der Waals surface area contributed by atoms with Crippen molar-refractivity contribution in [2.45, 2.75) is 11.3 Å². The van der Waals surface area contributed by atoms with E-state index in [1.54, 1.807) is 18.9 Å². The highest BCUT2D eigenvalue weighted by molar-refractivity contribution is 7.98. The number of thioether (sulfide) groups is 1. The highest BCUT2D eigenvalue weighted by Gasteiger charge is 2.12. The largest absolute Gasteiger partial charge is 0.383 e. The van der Waals surface area contributed by atoms with Crippen molar-refractivity contribution in [3.05, 3.63) is 29.8 Å². The number of hydrogen-bond acceptors (Lipinski definition) is 5. The highest BCUT2D eigenvalue weighted by atomic mass is 32.2. The quantitative estimate of drug-likeness (QED) is 0.517. The topological polar surface area (TPSA) is 53.3 Å². The first-order chi connectivity index (χ1) is 9.71. The van der Waals surface area contributed by atoms with Gasteiger partial charge in [-0.25, -0.2) is 0 Å². The Balaban J connectivity index is 2.60. The van der Waals surface area contributed by atoms with Gasteiger partial charge in [-0.05, 0) is 18.4 Å². The van der Waals surface area contributed by atoms with Crippen molar-refractivity contribution in [3.63, 3.8) is 0 Å². The van der Waals surface area contributed by atoms with Gasteiger partial charge < -0.3 is 4.74 Å². The van der Waals surface area contributed by atoms with E-state index >= 15 is 0 Å². The SMILES string of the molecule is COCCN(CCC#N)CC(=O)c1ccc(SC)cc1. The summed E-state index contributed by atoms with van der Waals surface area (Å²) in [4.78, 5) is 15.3. The van der Waals surface area contributed by atoms with Crippen molar-refractivity contribution in [2.24, 2.45) is 0 Å². The Morgan fingerprint density at radius 3 is 2.60 bits per heavy atom. The number of rotatable bonds is 9. The zero-order valence-corrected chi connectivity index (χ0v) is 12.8. The monoisotopic (exact) mass is 292 g/mol. The van der Waals surface area contributed by atoms with E-state index in [0.717, 1.165) is 4.90 Å². The summed E-state index contributed by atoms with van der Waals surface area (Å²) < 4.78 is 5.03. The van der Waals surface area contributed by atoms with E-state index < -0.39 is 0 Å². The molecule has 0 aliphatic carbocycles. The Bertz CT molecular complexity index is 454. The summed E-state index contributed by atoms with van der Waals surface area (Å²) in [6, 6.07) is 9.72. The van der Waals surface area contributed by atoms with Crippen LogP contribution in [0.4, 0.5) is 0 Å². The number of Topliss-reactive ketones (excluding diaryl/α,β-unsaturated/α-hetero) is 1. The molecule has 0 unspecified atom stereocenters. The molecular weight excluding hydrogens is 272 g/mol. The molecule has 0 N–H and O–H groups in total. The minimum atomic E-state index is 0.0756. The molecule has 0 aliphatic rings. The Labute approximate surface area is 124 Å². The standard InChI is InChI=1S/C15H20N2O2S/c1-19-11-10-17(9-3-8-16)12-15(18)13-4-6-14(20-2)7-5-13/h4-7H,3,9-12H2,1-2H3. The second-order valence-corrected chi connectivity index (χ2v) is 5.21. The number of methoxy groups -OCH3 is 1. The maximum absolute atomic E-state index is 12.2. The van der Waals surface area contributed by atoms with Crippen molar-refractivity contribution < 1.29 is 9.53 Å². The normalized spacial score (nSPS) is 10.5. The molecule has 108 valence electrons. The van der Waals surface area contributed by atoms with E-state index in [2.05, 4.69) is 6.07 Å². The van der Waals surface area contributed by atoms with Gasteiger partial charge in [0.05, 0.1) is 19.2 Å². The third-order valence-corrected chi connectivity index (χ3v) is 3.67. The summed E-state index contributed by atoms with van der Waals surface area (Å²) in [6.07, 6.45) is 2.42. The van der Waals surface area contributed by atoms with Crippen LogP contribution < -0.4 is 0 Å². The number of ketones is 1. The van der Waals surface area contributed by atoms with Crippen LogP contribution in [0.2, 0.25) is 0 Å². The molecule has 1 aromatic rings. The fourth-order valence-corrected chi connectivity index (χ4v) is 2.18. The van der Waals surface area contributed by atoms with E-state index in [-0.39, 0.29) is 5.78 Å². The lowest BCUT2D eigenvalue weighted by molar-refractivity contribution is 0.0898. The van der Waals surface area contributed by atoms with Crippen molar-refractivity contribution in [1.82, 2.24) is 4.90 Å². The highest BCUT2D eigenvalue weighted by Crippen LogP contribution is 2.15. The summed E-state index contributed by atoms with van der Waals surface area (Å²) in [5, 5.41) is 8.65. The first-order valence-electron chi connectivity index (χ1n) is 6.46. The van der Waals surface area contributed by atoms with E-state index in [4.69, 9.17) is 10.00 Å². The summed E-state index contributed by atoms with van der Waals surface area (Å²) in [7, 11) is 1.63. The number of carbonyl (C=O) groups excluding carboxylic acids is 1. The van der Waals surface area contributed by atoms with Crippen LogP contribution >= 0.6 is 11.8 Å². The number of nitrogens with zero attached hydrogens (tertiary/aromatic N) is 2. The van der Waals surface area contributed by atoms with Gasteiger partial charge in [0.15, 0.2) is 5.78 Å². The van der Waals surface area contributed by atoms with Crippen LogP contribution in [0.25, 0.3) is 0 Å². The van der Waals surface area contributed by atoms with Crippen LogP contribution in [0.5, 0.6) is 0 Å². The van der Waals surface area contributed by atoms with Crippen molar-refractivity contribution in [1.29, 1.82) is 5.26 Å². The Morgan fingerprint density at radius 1 is 1.35 bits per heavy atom. The smallest absolute Gasteiger partial charge is 0.176 e. The lowest BCUT2D eigenvalue weighted by Gasteiger charge is -2.19. The fourth-order valence-electron chi connectivity index (χ4n) is 1.77. The molecule has 0 aromatic heterocycles. The number of carbonyl (C=O) groups is 1. The molecule has 0 saturated carbocycles. The molecule has 1 aromatic carbocycles. The van der Waals surface area contributed by atoms with Gasteiger partial charge >= 0.3 is 0 Å². The van der Waals surface area contributed by atoms with Crippen LogP contribution in [0.3, 0.4) is 0 Å². The van der Waals surface area contributed by atoms with Gasteiger partial charge in [0, 0.05) is 37.1 Å². The van der Waals surface area contributed by atoms with E-state index in [1.165, 1.54) is 0 Å². The third kappa shape index (κ3) is 5.74. The van der Waals surface area contributed by atoms with E-state index in [1.807, 2.05) is 35.4 Å². The lowest BCUT2D eigenvalue weighted by Crippen LogP contribution is -2.33. The average molecular weight is 292 g/mol. The number of nitriles is 1. The summed E-state index contributed by atoms with van der Waals surface area (Å²) in [6.45, 7) is 2.13. The number of benzene rings is 1. The maximum atomic E-state index is 12.2. The molecule has 20 heavy (non-hydrogen) atoms. The van der Waals surface area contributed by atoms with Crippen LogP contribution in [0, 0.1) is 11.3 Å². The molecule has 0 aliphatic heterocycles. The summed E-state index contributed by atoms with van der Waals surface area (Å²) in [5.41, 5.74) is 0.710. The molecule has 0 radical (unpaired) electrons. The van der Waals surface area contributed by atoms with Gasteiger partial charge in [-0.2, -0.15) is 5.26 Å². The molecule has 0 spiro atoms. The Morgan fingerprint density at radius 2 is 2.05 bits per heavy atom. The van der Waals surface area contributed by atoms with Crippen LogP contribution in [0.1, 0.15) is 16.8 Å². The van der Waals surface area contributed by atoms with Gasteiger partial charge in [-0.1, -0.05) is 12.1 Å². The Hall–Kier alpha value is -1.35. The molecule has 0 atom stereocenters. The third-order valence-electron chi connectivity index (χ3n) is 2.93. The first kappa shape index (κ1) is 16.7. The molecular formula is C15H20N2O2S. The molecule has 5 heteroatoms. The van der Waals surface area contributed by atoms with Crippen LogP contribution in [0.15, 0.2) is 29.2 Å². The van der Waals surface area contributed by atoms with Gasteiger partial charge in [-0.3, -0.25) is 9.69 Å². The molecule has 0 heterocycles. The van der Waals surface area contributed by atoms with E-state index in [9.17, 15) is 4.79 Å². The minimum Gasteiger partial charge on any atom is -0.383 e. The average Bonchev–Trinajstić information content (AvgIpc) is 2.49. The summed E-state index contributed by atoms with van der Waals surface area (Å²) >= 11 is 1.65. The maximum Gasteiger partial charge on any atom is 0.176 e. The van der Waals surface area contributed by atoms with Crippen LogP contribution in [-0.2, 0) is 4.74 Å². The molecule has 0 fully saturated rings. The zero-order valence-electron chi connectivity index (χ0n) is 12.0. The molecule has 0 amide bonds.